The number of ether oxygens (including phenoxy) is 2. The number of methoxy groups -OCH3 is 1. The Bertz CT molecular complexity index is 847. The van der Waals surface area contributed by atoms with Crippen molar-refractivity contribution in [2.24, 2.45) is 0 Å². The van der Waals surface area contributed by atoms with Crippen LogP contribution in [0.3, 0.4) is 0 Å². The van der Waals surface area contributed by atoms with E-state index < -0.39 is 46.3 Å². The molecule has 7 nitrogen and oxygen atoms in total. The third-order valence-electron chi connectivity index (χ3n) is 5.24. The second-order valence-electron chi connectivity index (χ2n) is 8.98. The third kappa shape index (κ3) is 6.24. The van der Waals surface area contributed by atoms with Crippen LogP contribution >= 0.6 is 0 Å². The molecular weight excluding hydrogens is 416 g/mol. The number of carbonyl (C=O) groups excluding carboxylic acids is 2. The first kappa shape index (κ1) is 25.2. The van der Waals surface area contributed by atoms with Crippen molar-refractivity contribution in [2.75, 3.05) is 7.11 Å². The summed E-state index contributed by atoms with van der Waals surface area (Å²) >= 11 is 0. The summed E-state index contributed by atoms with van der Waals surface area (Å²) in [4.78, 5) is 27.1. The lowest BCUT2D eigenvalue weighted by atomic mass is 9.86. The minimum absolute atomic E-state index is 0.470. The second-order valence-corrected chi connectivity index (χ2v) is 10.2. The summed E-state index contributed by atoms with van der Waals surface area (Å²) in [7, 11) is -0.00105. The van der Waals surface area contributed by atoms with Gasteiger partial charge < -0.3 is 9.47 Å². The number of nitrogens with zero attached hydrogens (tertiary/aromatic N) is 1. The smallest absolute Gasteiger partial charge is 0.417 e. The van der Waals surface area contributed by atoms with Gasteiger partial charge in [-0.25, -0.2) is 18.6 Å². The van der Waals surface area contributed by atoms with Gasteiger partial charge >= 0.3 is 6.09 Å². The van der Waals surface area contributed by atoms with Crippen molar-refractivity contribution in [1.82, 2.24) is 9.62 Å². The average molecular weight is 451 g/mol. The molecule has 8 heteroatoms. The summed E-state index contributed by atoms with van der Waals surface area (Å²) in [6.07, 6.45) is 3.68. The number of imide groups is 1. The molecule has 172 valence electrons. The van der Waals surface area contributed by atoms with E-state index in [-0.39, 0.29) is 0 Å². The van der Waals surface area contributed by atoms with Gasteiger partial charge in [0.05, 0.1) is 22.6 Å². The molecule has 1 aromatic carbocycles. The summed E-state index contributed by atoms with van der Waals surface area (Å²) in [6.45, 7) is 11.1. The molecule has 1 heterocycles. The Hall–Kier alpha value is -2.03. The molecule has 2 rings (SSSR count). The number of hydrogen-bond donors (Lipinski definition) is 1. The fraction of sp³-hybridized carbons (Fsp3) is 0.565. The molecule has 0 fully saturated rings. The lowest BCUT2D eigenvalue weighted by Gasteiger charge is -2.42. The molecule has 1 aliphatic heterocycles. The highest BCUT2D eigenvalue weighted by Crippen LogP contribution is 2.30. The Morgan fingerprint density at radius 3 is 2.35 bits per heavy atom. The fourth-order valence-corrected chi connectivity index (χ4v) is 4.70. The summed E-state index contributed by atoms with van der Waals surface area (Å²) in [5.41, 5.74) is -0.494. The number of nitrogens with one attached hydrogen (secondary N) is 1. The van der Waals surface area contributed by atoms with Crippen LogP contribution in [0.15, 0.2) is 41.3 Å². The van der Waals surface area contributed by atoms with Gasteiger partial charge in [0.15, 0.2) is 0 Å². The van der Waals surface area contributed by atoms with Gasteiger partial charge in [-0.1, -0.05) is 37.1 Å². The van der Waals surface area contributed by atoms with Crippen molar-refractivity contribution in [1.29, 1.82) is 0 Å². The van der Waals surface area contributed by atoms with Crippen molar-refractivity contribution in [2.45, 2.75) is 82.6 Å². The first-order valence-electron chi connectivity index (χ1n) is 10.5. The van der Waals surface area contributed by atoms with E-state index in [9.17, 15) is 13.8 Å². The van der Waals surface area contributed by atoms with E-state index in [1.165, 1.54) is 6.08 Å². The largest absolute Gasteiger partial charge is 0.443 e. The highest BCUT2D eigenvalue weighted by molar-refractivity contribution is 7.83. The zero-order valence-electron chi connectivity index (χ0n) is 19.4. The second kappa shape index (κ2) is 10.1. The molecule has 0 spiro atoms. The zero-order chi connectivity index (χ0) is 23.4. The number of amides is 2. The number of rotatable bonds is 8. The Balaban J connectivity index is 2.42. The van der Waals surface area contributed by atoms with Crippen molar-refractivity contribution in [3.63, 3.8) is 0 Å². The molecular formula is C23H34N2O5S. The highest BCUT2D eigenvalue weighted by atomic mass is 32.2. The zero-order valence-corrected chi connectivity index (χ0v) is 20.2. The van der Waals surface area contributed by atoms with Crippen LogP contribution in [-0.4, -0.2) is 51.5 Å². The Morgan fingerprint density at radius 1 is 1.23 bits per heavy atom. The fourth-order valence-electron chi connectivity index (χ4n) is 3.56. The van der Waals surface area contributed by atoms with Crippen LogP contribution in [0.4, 0.5) is 4.79 Å². The van der Waals surface area contributed by atoms with Gasteiger partial charge in [0, 0.05) is 13.2 Å². The molecule has 2 amide bonds. The van der Waals surface area contributed by atoms with Gasteiger partial charge in [-0.2, -0.15) is 0 Å². The first-order valence-corrected chi connectivity index (χ1v) is 11.6. The first-order chi connectivity index (χ1) is 14.4. The van der Waals surface area contributed by atoms with Crippen LogP contribution in [0.1, 0.15) is 53.0 Å². The van der Waals surface area contributed by atoms with Gasteiger partial charge in [-0.05, 0) is 53.2 Å². The van der Waals surface area contributed by atoms with E-state index in [4.69, 9.17) is 9.47 Å². The quantitative estimate of drug-likeness (QED) is 0.650. The maximum atomic E-state index is 13.2. The van der Waals surface area contributed by atoms with Gasteiger partial charge in [0.1, 0.15) is 16.6 Å². The monoisotopic (exact) mass is 450 g/mol. The standard InChI is InChI=1S/C23H34N2O5S/c1-8-15-23(6,29-7)20(24-31(28)17-11-9-16(2)10-12-17)18-13-14-19(26)25(18)21(27)30-22(3,4)5/h9-14,18,20,24H,8,15H2,1-7H3/t18-,20-,23-,31?/m0/s1. The molecule has 0 radical (unpaired) electrons. The van der Waals surface area contributed by atoms with Crippen molar-refractivity contribution >= 4 is 23.0 Å². The summed E-state index contributed by atoms with van der Waals surface area (Å²) in [5, 5.41) is 0. The summed E-state index contributed by atoms with van der Waals surface area (Å²) in [6, 6.07) is 6.01. The van der Waals surface area contributed by atoms with Gasteiger partial charge in [0.25, 0.3) is 5.91 Å². The normalized spacial score (nSPS) is 20.4. The van der Waals surface area contributed by atoms with Crippen LogP contribution in [0.5, 0.6) is 0 Å². The molecule has 1 aliphatic rings. The highest BCUT2D eigenvalue weighted by Gasteiger charge is 2.47. The molecule has 0 saturated heterocycles. The van der Waals surface area contributed by atoms with Crippen molar-refractivity contribution in [3.8, 4) is 0 Å². The predicted octanol–water partition coefficient (Wildman–Crippen LogP) is 3.88. The lowest BCUT2D eigenvalue weighted by molar-refractivity contribution is -0.127. The topological polar surface area (TPSA) is 84.9 Å². The van der Waals surface area contributed by atoms with E-state index in [0.717, 1.165) is 16.9 Å². The van der Waals surface area contributed by atoms with Crippen LogP contribution in [0.25, 0.3) is 0 Å². The molecule has 0 aliphatic carbocycles. The number of aryl methyl sites for hydroxylation is 1. The van der Waals surface area contributed by atoms with E-state index >= 15 is 0 Å². The van der Waals surface area contributed by atoms with Gasteiger partial charge in [-0.3, -0.25) is 4.79 Å². The Labute approximate surface area is 187 Å². The van der Waals surface area contributed by atoms with E-state index in [1.807, 2.05) is 32.9 Å². The molecule has 31 heavy (non-hydrogen) atoms. The third-order valence-corrected chi connectivity index (χ3v) is 6.41. The lowest BCUT2D eigenvalue weighted by Crippen LogP contribution is -2.61. The SMILES string of the molecule is CCC[C@](C)(OC)[C@@H](NS(=O)c1ccc(C)cc1)[C@@H]1C=CC(=O)N1C(=O)OC(C)(C)C. The van der Waals surface area contributed by atoms with E-state index in [1.54, 1.807) is 46.1 Å². The molecule has 0 aromatic heterocycles. The molecule has 0 saturated carbocycles. The minimum atomic E-state index is -1.58. The molecule has 1 aromatic rings. The summed E-state index contributed by atoms with van der Waals surface area (Å²) < 4.78 is 27.6. The van der Waals surface area contributed by atoms with Crippen molar-refractivity contribution < 1.29 is 23.3 Å². The van der Waals surface area contributed by atoms with E-state index in [0.29, 0.717) is 11.3 Å². The van der Waals surface area contributed by atoms with E-state index in [2.05, 4.69) is 4.72 Å². The minimum Gasteiger partial charge on any atom is -0.443 e. The molecule has 1 unspecified atom stereocenters. The Kier molecular flexibility index (Phi) is 8.19. The molecule has 4 atom stereocenters. The van der Waals surface area contributed by atoms with Crippen LogP contribution < -0.4 is 4.72 Å². The average Bonchev–Trinajstić information content (AvgIpc) is 3.06. The van der Waals surface area contributed by atoms with Crippen LogP contribution in [-0.2, 0) is 25.3 Å². The maximum Gasteiger partial charge on any atom is 0.417 e. The summed E-state index contributed by atoms with van der Waals surface area (Å²) in [5.74, 6) is -0.470. The Morgan fingerprint density at radius 2 is 1.84 bits per heavy atom. The number of carbonyl (C=O) groups is 2. The van der Waals surface area contributed by atoms with Crippen LogP contribution in [0.2, 0.25) is 0 Å². The number of hydrogen-bond acceptors (Lipinski definition) is 5. The molecule has 1 N–H and O–H groups in total. The van der Waals surface area contributed by atoms with Gasteiger partial charge in [-0.15, -0.1) is 0 Å². The van der Waals surface area contributed by atoms with Gasteiger partial charge in [0.2, 0.25) is 0 Å². The number of benzene rings is 1. The predicted molar refractivity (Wildman–Crippen MR) is 121 cm³/mol. The molecule has 0 bridgehead atoms. The maximum absolute atomic E-state index is 13.2. The van der Waals surface area contributed by atoms with Crippen molar-refractivity contribution in [3.05, 3.63) is 42.0 Å². The van der Waals surface area contributed by atoms with Crippen LogP contribution in [0, 0.1) is 6.92 Å².